The molecule has 0 amide bonds. The summed E-state index contributed by atoms with van der Waals surface area (Å²) in [5.74, 6) is 0. The summed E-state index contributed by atoms with van der Waals surface area (Å²) in [6, 6.07) is 24.7. The van der Waals surface area contributed by atoms with E-state index in [1.807, 2.05) is 53.1 Å². The average Bonchev–Trinajstić information content (AvgIpc) is 3.34. The maximum Gasteiger partial charge on any atom is 0.0267 e. The Balaban J connectivity index is 0.000000214. The third-order valence-electron chi connectivity index (χ3n) is 6.27. The zero-order valence-corrected chi connectivity index (χ0v) is 26.9. The number of anilines is 2. The van der Waals surface area contributed by atoms with Crippen LogP contribution < -0.4 is 9.80 Å². The Labute approximate surface area is 247 Å². The number of pyridine rings is 1. The van der Waals surface area contributed by atoms with Crippen molar-refractivity contribution in [2.45, 2.75) is 41.5 Å². The van der Waals surface area contributed by atoms with Gasteiger partial charge in [-0.1, -0.05) is 41.5 Å². The largest absolute Gasteiger partial charge is 0.265 e. The first kappa shape index (κ1) is 31.0. The van der Waals surface area contributed by atoms with E-state index in [1.54, 1.807) is 12.4 Å². The zero-order chi connectivity index (χ0) is 28.4. The van der Waals surface area contributed by atoms with E-state index in [0.29, 0.717) is 0 Å². The molecule has 1 aliphatic rings. The number of halogens is 2. The fourth-order valence-corrected chi connectivity index (χ4v) is 6.84. The molecule has 2 heterocycles. The van der Waals surface area contributed by atoms with Crippen LogP contribution in [-0.4, -0.2) is 22.7 Å². The van der Waals surface area contributed by atoms with Gasteiger partial charge in [-0.3, -0.25) is 4.98 Å². The Morgan fingerprint density at radius 1 is 0.667 bits per heavy atom. The summed E-state index contributed by atoms with van der Waals surface area (Å²) in [7, 11) is 11.3. The van der Waals surface area contributed by atoms with E-state index in [-0.39, 0.29) is 0 Å². The Kier molecular flexibility index (Phi) is 12.2. The molecule has 0 atom stereocenters. The van der Waals surface area contributed by atoms with Crippen LogP contribution in [0.3, 0.4) is 0 Å². The van der Waals surface area contributed by atoms with Crippen molar-refractivity contribution in [3.63, 3.8) is 0 Å². The fourth-order valence-electron chi connectivity index (χ4n) is 5.01. The molecule has 208 valence electrons. The summed E-state index contributed by atoms with van der Waals surface area (Å²) in [5.41, 5.74) is 12.0. The van der Waals surface area contributed by atoms with Gasteiger partial charge in [-0.25, -0.2) is 0 Å². The quantitative estimate of drug-likeness (QED) is 0.164. The van der Waals surface area contributed by atoms with Crippen LogP contribution in [0, 0.1) is 48.2 Å². The van der Waals surface area contributed by atoms with Crippen LogP contribution in [0.25, 0.3) is 0 Å². The fraction of sp³-hybridized carbons (Fsp3) is 0.242. The van der Waals surface area contributed by atoms with Crippen molar-refractivity contribution >= 4 is 35.4 Å². The monoisotopic (exact) mass is 648 g/mol. The molecule has 6 heteroatoms. The summed E-state index contributed by atoms with van der Waals surface area (Å²) in [4.78, 5) is 8.60. The van der Waals surface area contributed by atoms with Crippen molar-refractivity contribution in [1.82, 2.24) is 4.98 Å². The average molecular weight is 649 g/mol. The normalized spacial score (nSPS) is 12.7. The SMILES string of the molecule is Cc1cc(C)c(N2[CH-]N(c3c(C)cc(C)cc3C)CC2)c(C)c1.[Cl][Ru]([Cl])=[CH]c1ccccc1.c1ccncc1. The molecule has 0 spiro atoms. The first-order valence-electron chi connectivity index (χ1n) is 12.9. The molecule has 1 aromatic heterocycles. The second kappa shape index (κ2) is 15.3. The third-order valence-corrected chi connectivity index (χ3v) is 8.14. The van der Waals surface area contributed by atoms with E-state index in [2.05, 4.69) is 87.3 Å². The molecule has 0 unspecified atom stereocenters. The van der Waals surface area contributed by atoms with Crippen LogP contribution in [0.15, 0.2) is 85.2 Å². The molecule has 1 saturated heterocycles. The van der Waals surface area contributed by atoms with Crippen LogP contribution in [-0.2, 0) is 13.5 Å². The van der Waals surface area contributed by atoms with Crippen LogP contribution >= 0.6 is 19.4 Å². The summed E-state index contributed by atoms with van der Waals surface area (Å²) < 4.78 is 1.92. The molecule has 5 rings (SSSR count). The van der Waals surface area contributed by atoms with Crippen molar-refractivity contribution in [2.75, 3.05) is 22.9 Å². The molecular formula is C33H38Cl2N3Ru-. The van der Waals surface area contributed by atoms with E-state index >= 15 is 0 Å². The van der Waals surface area contributed by atoms with Gasteiger partial charge in [0.15, 0.2) is 0 Å². The van der Waals surface area contributed by atoms with Crippen molar-refractivity contribution < 1.29 is 13.5 Å². The molecule has 3 nitrogen and oxygen atoms in total. The van der Waals surface area contributed by atoms with Gasteiger partial charge in [-0.05, 0) is 75.9 Å². The number of aryl methyl sites for hydroxylation is 6. The molecule has 39 heavy (non-hydrogen) atoms. The smallest absolute Gasteiger partial charge is 0.0267 e. The molecule has 3 aromatic carbocycles. The van der Waals surface area contributed by atoms with Crippen molar-refractivity contribution in [3.8, 4) is 0 Å². The van der Waals surface area contributed by atoms with E-state index in [1.165, 1.54) is 44.8 Å². The van der Waals surface area contributed by atoms with E-state index in [4.69, 9.17) is 19.4 Å². The van der Waals surface area contributed by atoms with E-state index in [9.17, 15) is 0 Å². The minimum atomic E-state index is -1.61. The maximum atomic E-state index is 5.67. The Bertz CT molecular complexity index is 1230. The molecular weight excluding hydrogens is 610 g/mol. The minimum absolute atomic E-state index is 1.04. The Morgan fingerprint density at radius 2 is 1.08 bits per heavy atom. The molecule has 0 radical (unpaired) electrons. The Morgan fingerprint density at radius 3 is 1.41 bits per heavy atom. The zero-order valence-electron chi connectivity index (χ0n) is 23.6. The Hall–Kier alpha value is -2.52. The topological polar surface area (TPSA) is 19.4 Å². The molecule has 0 saturated carbocycles. The molecule has 0 bridgehead atoms. The summed E-state index contributed by atoms with van der Waals surface area (Å²) in [6.07, 6.45) is 3.50. The van der Waals surface area contributed by atoms with Crippen molar-refractivity contribution in [2.24, 2.45) is 0 Å². The van der Waals surface area contributed by atoms with Crippen LogP contribution in [0.4, 0.5) is 11.4 Å². The first-order valence-corrected chi connectivity index (χ1v) is 18.4. The number of hydrogen-bond acceptors (Lipinski definition) is 3. The number of hydrogen-bond donors (Lipinski definition) is 0. The second-order valence-electron chi connectivity index (χ2n) is 9.74. The minimum Gasteiger partial charge on any atom is -0.265 e. The molecule has 4 aromatic rings. The van der Waals surface area contributed by atoms with E-state index < -0.39 is 13.5 Å². The van der Waals surface area contributed by atoms with Gasteiger partial charge in [0.25, 0.3) is 0 Å². The number of nitrogens with zero attached hydrogens (tertiary/aromatic N) is 3. The number of rotatable bonds is 3. The second-order valence-corrected chi connectivity index (χ2v) is 15.5. The van der Waals surface area contributed by atoms with Gasteiger partial charge in [0.05, 0.1) is 0 Å². The molecule has 0 aliphatic carbocycles. The maximum absolute atomic E-state index is 5.67. The molecule has 1 fully saturated rings. The van der Waals surface area contributed by atoms with Gasteiger partial charge in [-0.15, -0.1) is 0 Å². The van der Waals surface area contributed by atoms with Gasteiger partial charge in [0.1, 0.15) is 0 Å². The summed E-state index contributed by atoms with van der Waals surface area (Å²) in [5, 5.41) is 0. The van der Waals surface area contributed by atoms with Crippen molar-refractivity contribution in [1.29, 1.82) is 0 Å². The summed E-state index contributed by atoms with van der Waals surface area (Å²) >= 11 is -1.61. The third kappa shape index (κ3) is 9.57. The summed E-state index contributed by atoms with van der Waals surface area (Å²) in [6.45, 7) is 17.6. The first-order chi connectivity index (χ1) is 18.7. The standard InChI is InChI=1S/C21H27N2.C7H6.C5H5N.2ClH.Ru/c1-14-9-16(3)20(17(4)10-14)22-7-8-23(13-22)21-18(5)11-15(2)12-19(21)6;1-7-5-3-2-4-6-7;1-2-4-6-5-3-1;;;/h9-13H,7-8H2,1-6H3;1-6H;1-5H;2*1H;/q-1;;;;;+2/p-2. The van der Waals surface area contributed by atoms with E-state index in [0.717, 1.165) is 18.7 Å². The van der Waals surface area contributed by atoms with Gasteiger partial charge in [0.2, 0.25) is 0 Å². The number of aromatic nitrogens is 1. The van der Waals surface area contributed by atoms with Crippen LogP contribution in [0.1, 0.15) is 38.9 Å². The van der Waals surface area contributed by atoms with Gasteiger partial charge in [0, 0.05) is 36.9 Å². The molecule has 0 N–H and O–H groups in total. The predicted octanol–water partition coefficient (Wildman–Crippen LogP) is 8.83. The predicted molar refractivity (Wildman–Crippen MR) is 168 cm³/mol. The van der Waals surface area contributed by atoms with Crippen molar-refractivity contribution in [3.05, 3.63) is 131 Å². The number of benzene rings is 3. The van der Waals surface area contributed by atoms with Gasteiger partial charge < -0.3 is 9.80 Å². The van der Waals surface area contributed by atoms with Gasteiger partial charge in [-0.2, -0.15) is 6.67 Å². The van der Waals surface area contributed by atoms with Gasteiger partial charge >= 0.3 is 73.4 Å². The molecule has 1 aliphatic heterocycles. The van der Waals surface area contributed by atoms with Crippen LogP contribution in [0.5, 0.6) is 0 Å². The van der Waals surface area contributed by atoms with Crippen LogP contribution in [0.2, 0.25) is 0 Å².